The second-order valence-electron chi connectivity index (χ2n) is 8.77. The maximum absolute atomic E-state index is 14.5. The van der Waals surface area contributed by atoms with Crippen molar-refractivity contribution >= 4 is 11.7 Å². The fourth-order valence-corrected chi connectivity index (χ4v) is 4.43. The van der Waals surface area contributed by atoms with Gasteiger partial charge < -0.3 is 19.1 Å². The third-order valence-electron chi connectivity index (χ3n) is 6.61. The molecular weight excluding hydrogens is 435 g/mol. The van der Waals surface area contributed by atoms with Crippen molar-refractivity contribution in [2.24, 2.45) is 0 Å². The molecule has 0 aliphatic heterocycles. The number of urea groups is 1. The molecule has 1 fully saturated rings. The number of rotatable bonds is 9. The van der Waals surface area contributed by atoms with E-state index in [1.165, 1.54) is 12.1 Å². The Morgan fingerprint density at radius 1 is 1.15 bits per heavy atom. The topological polar surface area (TPSA) is 51.2 Å². The number of carbonyl (C=O) groups is 1. The smallest absolute Gasteiger partial charge is 0.324 e. The van der Waals surface area contributed by atoms with Gasteiger partial charge in [0.1, 0.15) is 18.2 Å². The molecule has 3 rings (SSSR count). The summed E-state index contributed by atoms with van der Waals surface area (Å²) in [6, 6.07) is 12.2. The van der Waals surface area contributed by atoms with Crippen molar-refractivity contribution in [3.8, 4) is 5.75 Å². The average Bonchev–Trinajstić information content (AvgIpc) is 2.86. The van der Waals surface area contributed by atoms with Crippen LogP contribution in [0.2, 0.25) is 0 Å². The van der Waals surface area contributed by atoms with Crippen molar-refractivity contribution in [2.75, 3.05) is 39.8 Å². The number of benzene rings is 2. The molecule has 0 bridgehead atoms. The van der Waals surface area contributed by atoms with E-state index in [0.717, 1.165) is 42.5 Å². The van der Waals surface area contributed by atoms with Crippen LogP contribution in [0.3, 0.4) is 0 Å². The second-order valence-corrected chi connectivity index (χ2v) is 8.77. The van der Waals surface area contributed by atoms with Gasteiger partial charge in [-0.2, -0.15) is 0 Å². The van der Waals surface area contributed by atoms with Crippen LogP contribution in [-0.4, -0.2) is 51.9 Å². The molecule has 2 amide bonds. The molecule has 1 aliphatic carbocycles. The van der Waals surface area contributed by atoms with Crippen LogP contribution in [0.1, 0.15) is 36.8 Å². The van der Waals surface area contributed by atoms with Crippen LogP contribution >= 0.6 is 0 Å². The SMILES string of the molecule is C=CCN(C)C(=O)N(C)c1ccc(COc2cc(F)cc([C@]3(OC)CC[C@H](OC)CC3)c2)cc1. The minimum Gasteiger partial charge on any atom is -0.489 e. The Morgan fingerprint density at radius 2 is 1.82 bits per heavy atom. The summed E-state index contributed by atoms with van der Waals surface area (Å²) in [5, 5.41) is 0. The van der Waals surface area contributed by atoms with Crippen LogP contribution in [0.4, 0.5) is 14.9 Å². The third kappa shape index (κ3) is 5.96. The number of methoxy groups -OCH3 is 2. The summed E-state index contributed by atoms with van der Waals surface area (Å²) in [7, 11) is 6.86. The first-order chi connectivity index (χ1) is 16.3. The maximum Gasteiger partial charge on any atom is 0.324 e. The summed E-state index contributed by atoms with van der Waals surface area (Å²) < 4.78 is 31.8. The summed E-state index contributed by atoms with van der Waals surface area (Å²) >= 11 is 0. The first-order valence-corrected chi connectivity index (χ1v) is 11.5. The second kappa shape index (κ2) is 11.5. The predicted molar refractivity (Wildman–Crippen MR) is 132 cm³/mol. The Bertz CT molecular complexity index is 971. The third-order valence-corrected chi connectivity index (χ3v) is 6.61. The van der Waals surface area contributed by atoms with Crippen molar-refractivity contribution in [3.05, 3.63) is 72.1 Å². The van der Waals surface area contributed by atoms with Crippen LogP contribution in [-0.2, 0) is 21.7 Å². The average molecular weight is 471 g/mol. The van der Waals surface area contributed by atoms with Crippen molar-refractivity contribution in [3.63, 3.8) is 0 Å². The lowest BCUT2D eigenvalue weighted by molar-refractivity contribution is -0.0764. The molecule has 2 aromatic rings. The van der Waals surface area contributed by atoms with Gasteiger partial charge in [0.05, 0.1) is 11.7 Å². The van der Waals surface area contributed by atoms with Gasteiger partial charge in [0.15, 0.2) is 0 Å². The van der Waals surface area contributed by atoms with E-state index in [1.54, 1.807) is 44.2 Å². The van der Waals surface area contributed by atoms with Crippen LogP contribution in [0.5, 0.6) is 5.75 Å². The molecule has 184 valence electrons. The normalized spacial score (nSPS) is 20.0. The van der Waals surface area contributed by atoms with E-state index in [2.05, 4.69) is 6.58 Å². The highest BCUT2D eigenvalue weighted by Crippen LogP contribution is 2.42. The highest BCUT2D eigenvalue weighted by molar-refractivity contribution is 5.91. The van der Waals surface area contributed by atoms with Crippen LogP contribution < -0.4 is 9.64 Å². The van der Waals surface area contributed by atoms with Crippen molar-refractivity contribution < 1.29 is 23.4 Å². The van der Waals surface area contributed by atoms with Gasteiger partial charge in [-0.25, -0.2) is 9.18 Å². The fraction of sp³-hybridized carbons (Fsp3) is 0.444. The van der Waals surface area contributed by atoms with Gasteiger partial charge >= 0.3 is 6.03 Å². The molecule has 0 spiro atoms. The molecule has 2 aromatic carbocycles. The summed E-state index contributed by atoms with van der Waals surface area (Å²) in [6.45, 7) is 4.42. The van der Waals surface area contributed by atoms with E-state index < -0.39 is 5.60 Å². The molecule has 6 nitrogen and oxygen atoms in total. The van der Waals surface area contributed by atoms with E-state index in [-0.39, 0.29) is 24.6 Å². The Balaban J connectivity index is 1.67. The molecule has 7 heteroatoms. The molecule has 0 saturated heterocycles. The summed E-state index contributed by atoms with van der Waals surface area (Å²) in [5.41, 5.74) is 1.94. The van der Waals surface area contributed by atoms with Gasteiger partial charge in [0.25, 0.3) is 0 Å². The first kappa shape index (κ1) is 25.7. The Morgan fingerprint density at radius 3 is 2.41 bits per heavy atom. The van der Waals surface area contributed by atoms with Crippen molar-refractivity contribution in [2.45, 2.75) is 44.0 Å². The van der Waals surface area contributed by atoms with Crippen LogP contribution in [0.15, 0.2) is 55.1 Å². The molecule has 34 heavy (non-hydrogen) atoms. The van der Waals surface area contributed by atoms with Gasteiger partial charge in [0.2, 0.25) is 0 Å². The lowest BCUT2D eigenvalue weighted by Gasteiger charge is -2.39. The van der Waals surface area contributed by atoms with Crippen molar-refractivity contribution in [1.29, 1.82) is 0 Å². The lowest BCUT2D eigenvalue weighted by Crippen LogP contribution is -2.38. The molecule has 1 aliphatic rings. The summed E-state index contributed by atoms with van der Waals surface area (Å²) in [5.74, 6) is 0.111. The van der Waals surface area contributed by atoms with E-state index in [4.69, 9.17) is 14.2 Å². The number of hydrogen-bond acceptors (Lipinski definition) is 4. The number of amides is 2. The Labute approximate surface area is 201 Å². The van der Waals surface area contributed by atoms with E-state index >= 15 is 0 Å². The molecule has 1 saturated carbocycles. The van der Waals surface area contributed by atoms with Gasteiger partial charge in [-0.1, -0.05) is 18.2 Å². The number of ether oxygens (including phenoxy) is 3. The molecule has 0 N–H and O–H groups in total. The monoisotopic (exact) mass is 470 g/mol. The Kier molecular flexibility index (Phi) is 8.69. The number of halogens is 1. The number of likely N-dealkylation sites (N-methyl/N-ethyl adjacent to an activating group) is 1. The highest BCUT2D eigenvalue weighted by atomic mass is 19.1. The zero-order valence-corrected chi connectivity index (χ0v) is 20.6. The van der Waals surface area contributed by atoms with Crippen LogP contribution in [0, 0.1) is 5.82 Å². The lowest BCUT2D eigenvalue weighted by atomic mass is 9.78. The molecule has 0 heterocycles. The van der Waals surface area contributed by atoms with E-state index in [9.17, 15) is 9.18 Å². The number of hydrogen-bond donors (Lipinski definition) is 0. The maximum atomic E-state index is 14.5. The number of anilines is 1. The molecule has 0 unspecified atom stereocenters. The molecule has 0 aromatic heterocycles. The zero-order valence-electron chi connectivity index (χ0n) is 20.6. The van der Waals surface area contributed by atoms with Crippen molar-refractivity contribution in [1.82, 2.24) is 4.90 Å². The molecular formula is C27H35FN2O4. The fourth-order valence-electron chi connectivity index (χ4n) is 4.43. The van der Waals surface area contributed by atoms with Gasteiger partial charge in [-0.15, -0.1) is 6.58 Å². The minimum absolute atomic E-state index is 0.122. The molecule has 0 atom stereocenters. The Hall–Kier alpha value is -2.90. The predicted octanol–water partition coefficient (Wildman–Crippen LogP) is 5.51. The minimum atomic E-state index is -0.535. The van der Waals surface area contributed by atoms with Gasteiger partial charge in [-0.3, -0.25) is 4.90 Å². The quantitative estimate of drug-likeness (QED) is 0.454. The summed E-state index contributed by atoms with van der Waals surface area (Å²) in [6.07, 6.45) is 5.16. The number of nitrogens with zero attached hydrogens (tertiary/aromatic N) is 2. The van der Waals surface area contributed by atoms with E-state index in [1.807, 2.05) is 30.3 Å². The molecule has 0 radical (unpaired) electrons. The summed E-state index contributed by atoms with van der Waals surface area (Å²) in [4.78, 5) is 15.6. The highest BCUT2D eigenvalue weighted by Gasteiger charge is 2.37. The van der Waals surface area contributed by atoms with E-state index in [0.29, 0.717) is 12.3 Å². The largest absolute Gasteiger partial charge is 0.489 e. The standard InChI is InChI=1S/C27H35FN2O4/c1-6-15-29(2)26(31)30(3)23-9-7-20(8-10-23)19-34-25-17-21(16-22(28)18-25)27(33-5)13-11-24(32-4)12-14-27/h6-10,16-18,24H,1,11-15,19H2,2-5H3/t24-,27-. The van der Waals surface area contributed by atoms with Gasteiger partial charge in [-0.05, 0) is 61.1 Å². The number of carbonyl (C=O) groups excluding carboxylic acids is 1. The van der Waals surface area contributed by atoms with Crippen LogP contribution in [0.25, 0.3) is 0 Å². The first-order valence-electron chi connectivity index (χ1n) is 11.5. The zero-order chi connectivity index (χ0) is 24.7. The van der Waals surface area contributed by atoms with Gasteiger partial charge in [0, 0.05) is 46.6 Å².